The Morgan fingerprint density at radius 3 is 2.10 bits per heavy atom. The molecule has 0 aliphatic heterocycles. The maximum atomic E-state index is 11.5. The second-order valence-electron chi connectivity index (χ2n) is 1.19. The predicted molar refractivity (Wildman–Crippen MR) is 23.4 cm³/mol. The van der Waals surface area contributed by atoms with E-state index in [2.05, 4.69) is 0 Å². The van der Waals surface area contributed by atoms with Gasteiger partial charge in [0.25, 0.3) is 5.83 Å². The first-order chi connectivity index (χ1) is 4.48. The van der Waals surface area contributed by atoms with Crippen LogP contribution in [0.15, 0.2) is 23.6 Å². The van der Waals surface area contributed by atoms with Gasteiger partial charge in [-0.25, -0.2) is 4.39 Å². The minimum Gasteiger partial charge on any atom is -0.206 e. The Kier molecular flexibility index (Phi) is 2.87. The van der Waals surface area contributed by atoms with Gasteiger partial charge in [-0.05, 0) is 11.5 Å². The first kappa shape index (κ1) is 8.95. The third-order valence-corrected chi connectivity index (χ3v) is 0.485. The maximum absolute atomic E-state index is 11.5. The molecule has 0 rings (SSSR count). The molecule has 56 valence electrons. The van der Waals surface area contributed by atoms with E-state index in [0.29, 0.717) is 0 Å². The third-order valence-electron chi connectivity index (χ3n) is 0.485. The van der Waals surface area contributed by atoms with Crippen molar-refractivity contribution in [2.45, 2.75) is 6.18 Å². The number of allylic oxidation sites excluding steroid dienone is 1. The van der Waals surface area contributed by atoms with E-state index in [1.165, 1.54) is 5.73 Å². The van der Waals surface area contributed by atoms with Gasteiger partial charge in [-0.1, -0.05) is 0 Å². The number of halogens is 5. The molecule has 10 heavy (non-hydrogen) atoms. The van der Waals surface area contributed by atoms with E-state index < -0.39 is 12.0 Å². The highest BCUT2D eigenvalue weighted by atomic mass is 19.4. The van der Waals surface area contributed by atoms with Gasteiger partial charge < -0.3 is 0 Å². The Bertz CT molecular complexity index is 199. The van der Waals surface area contributed by atoms with Gasteiger partial charge in [-0.2, -0.15) is 17.6 Å². The van der Waals surface area contributed by atoms with Crippen LogP contribution in [0.5, 0.6) is 0 Å². The zero-order valence-corrected chi connectivity index (χ0v) is 4.47. The zero-order valence-electron chi connectivity index (χ0n) is 4.47. The Hall–Kier alpha value is -1.05. The summed E-state index contributed by atoms with van der Waals surface area (Å²) in [7, 11) is 0. The first-order valence-electron chi connectivity index (χ1n) is 2.01. The molecule has 0 heterocycles. The maximum Gasteiger partial charge on any atom is 0.451 e. The van der Waals surface area contributed by atoms with Crippen LogP contribution in [0.3, 0.4) is 0 Å². The van der Waals surface area contributed by atoms with E-state index in [4.69, 9.17) is 0 Å². The third kappa shape index (κ3) is 3.07. The quantitative estimate of drug-likeness (QED) is 0.373. The molecule has 0 N–H and O–H groups in total. The summed E-state index contributed by atoms with van der Waals surface area (Å²) < 4.78 is 55.8. The molecule has 0 atom stereocenters. The molecular weight excluding hydrogens is 155 g/mol. The van der Waals surface area contributed by atoms with Crippen molar-refractivity contribution in [3.8, 4) is 0 Å². The minimum absolute atomic E-state index is 0.370. The highest BCUT2D eigenvalue weighted by molar-refractivity contribution is 4.97. The molecule has 0 unspecified atom stereocenters. The molecule has 0 aliphatic rings. The Morgan fingerprint density at radius 2 is 1.80 bits per heavy atom. The smallest absolute Gasteiger partial charge is 0.206 e. The standard InChI is InChI=1S/C5HF5/c6-3-1-2-4(7)5(8,9)10/h3H. The fraction of sp³-hybridized carbons (Fsp3) is 0.200. The fourth-order valence-corrected chi connectivity index (χ4v) is 0.162. The van der Waals surface area contributed by atoms with Crippen molar-refractivity contribution >= 4 is 0 Å². The highest BCUT2D eigenvalue weighted by Crippen LogP contribution is 2.24. The van der Waals surface area contributed by atoms with E-state index in [0.717, 1.165) is 5.73 Å². The van der Waals surface area contributed by atoms with Crippen LogP contribution >= 0.6 is 0 Å². The summed E-state index contributed by atoms with van der Waals surface area (Å²) >= 11 is 0. The average molecular weight is 156 g/mol. The lowest BCUT2D eigenvalue weighted by Gasteiger charge is -1.96. The van der Waals surface area contributed by atoms with Crippen molar-refractivity contribution in [2.24, 2.45) is 0 Å². The molecule has 0 spiro atoms. The topological polar surface area (TPSA) is 0 Å². The number of alkyl halides is 3. The van der Waals surface area contributed by atoms with Crippen LogP contribution in [0.2, 0.25) is 0 Å². The molecule has 0 aliphatic carbocycles. The zero-order chi connectivity index (χ0) is 8.20. The second-order valence-corrected chi connectivity index (χ2v) is 1.19. The van der Waals surface area contributed by atoms with E-state index in [9.17, 15) is 22.0 Å². The summed E-state index contributed by atoms with van der Waals surface area (Å²) in [4.78, 5) is 0. The molecule has 0 saturated heterocycles. The number of rotatable bonds is 0. The summed E-state index contributed by atoms with van der Waals surface area (Å²) in [6.45, 7) is 0. The van der Waals surface area contributed by atoms with E-state index in [1.54, 1.807) is 0 Å². The monoisotopic (exact) mass is 156 g/mol. The fourth-order valence-electron chi connectivity index (χ4n) is 0.162. The van der Waals surface area contributed by atoms with Crippen molar-refractivity contribution in [1.82, 2.24) is 0 Å². The van der Waals surface area contributed by atoms with Crippen molar-refractivity contribution in [3.05, 3.63) is 23.6 Å². The van der Waals surface area contributed by atoms with Crippen LogP contribution in [0.4, 0.5) is 22.0 Å². The van der Waals surface area contributed by atoms with E-state index in [-0.39, 0.29) is 6.33 Å². The molecular formula is C5HF5. The number of hydrogen-bond acceptors (Lipinski definition) is 0. The lowest BCUT2D eigenvalue weighted by Crippen LogP contribution is -2.06. The van der Waals surface area contributed by atoms with Crippen molar-refractivity contribution in [1.29, 1.82) is 0 Å². The average Bonchev–Trinajstić information content (AvgIpc) is 1.80. The lowest BCUT2D eigenvalue weighted by atomic mass is 10.5. The Balaban J connectivity index is 4.68. The molecule has 0 aromatic carbocycles. The van der Waals surface area contributed by atoms with Crippen molar-refractivity contribution < 1.29 is 22.0 Å². The molecule has 0 nitrogen and oxygen atoms in total. The summed E-state index contributed by atoms with van der Waals surface area (Å²) in [5.74, 6) is -2.50. The molecule has 0 amide bonds. The van der Waals surface area contributed by atoms with Crippen LogP contribution in [0.1, 0.15) is 0 Å². The Labute approximate surface area is 53.0 Å². The van der Waals surface area contributed by atoms with Gasteiger partial charge >= 0.3 is 6.18 Å². The van der Waals surface area contributed by atoms with Crippen LogP contribution < -0.4 is 0 Å². The van der Waals surface area contributed by atoms with Crippen LogP contribution in [-0.4, -0.2) is 6.18 Å². The van der Waals surface area contributed by atoms with E-state index in [1.807, 2.05) is 0 Å². The van der Waals surface area contributed by atoms with Crippen LogP contribution in [0, 0.1) is 0 Å². The van der Waals surface area contributed by atoms with Crippen LogP contribution in [-0.2, 0) is 0 Å². The molecule has 0 aromatic heterocycles. The molecule has 0 aromatic rings. The molecule has 0 saturated carbocycles. The highest BCUT2D eigenvalue weighted by Gasteiger charge is 2.34. The minimum atomic E-state index is -5.10. The predicted octanol–water partition coefficient (Wildman–Crippen LogP) is 2.64. The first-order valence-corrected chi connectivity index (χ1v) is 2.01. The lowest BCUT2D eigenvalue weighted by molar-refractivity contribution is -0.108. The van der Waals surface area contributed by atoms with Gasteiger partial charge in [-0.3, -0.25) is 0 Å². The molecule has 0 radical (unpaired) electrons. The van der Waals surface area contributed by atoms with Crippen molar-refractivity contribution in [3.63, 3.8) is 0 Å². The summed E-state index contributed by atoms with van der Waals surface area (Å²) in [6, 6.07) is 0. The van der Waals surface area contributed by atoms with Gasteiger partial charge in [-0.15, -0.1) is 0 Å². The van der Waals surface area contributed by atoms with Gasteiger partial charge in [0.1, 0.15) is 6.33 Å². The van der Waals surface area contributed by atoms with E-state index >= 15 is 0 Å². The van der Waals surface area contributed by atoms with Crippen LogP contribution in [0.25, 0.3) is 0 Å². The second kappa shape index (κ2) is 3.20. The van der Waals surface area contributed by atoms with Gasteiger partial charge in [0.2, 0.25) is 0 Å². The summed E-state index contributed by atoms with van der Waals surface area (Å²) in [5.41, 5.74) is 2.10. The summed E-state index contributed by atoms with van der Waals surface area (Å²) in [5, 5.41) is 0. The molecule has 0 bridgehead atoms. The normalized spacial score (nSPS) is 9.70. The number of hydrogen-bond donors (Lipinski definition) is 0. The van der Waals surface area contributed by atoms with Gasteiger partial charge in [0.15, 0.2) is 0 Å². The van der Waals surface area contributed by atoms with Gasteiger partial charge in [0, 0.05) is 0 Å². The summed E-state index contributed by atoms with van der Waals surface area (Å²) in [6.07, 6.45) is -5.47. The van der Waals surface area contributed by atoms with Crippen molar-refractivity contribution in [2.75, 3.05) is 0 Å². The Morgan fingerprint density at radius 1 is 1.30 bits per heavy atom. The SMILES string of the molecule is FC=C=C=C(F)C(F)(F)F. The molecule has 5 heteroatoms. The van der Waals surface area contributed by atoms with Gasteiger partial charge in [0.05, 0.1) is 0 Å². The largest absolute Gasteiger partial charge is 0.451 e. The molecule has 0 fully saturated rings.